The molecule has 0 bridgehead atoms. The van der Waals surface area contributed by atoms with Crippen LogP contribution in [0.2, 0.25) is 5.02 Å². The third-order valence-corrected chi connectivity index (χ3v) is 3.41. The first-order chi connectivity index (χ1) is 9.69. The number of nitrogens with two attached hydrogens (primary N) is 1. The highest BCUT2D eigenvalue weighted by Gasteiger charge is 2.23. The highest BCUT2D eigenvalue weighted by atomic mass is 35.5. The lowest BCUT2D eigenvalue weighted by atomic mass is 10.2. The van der Waals surface area contributed by atoms with Crippen LogP contribution in [0.15, 0.2) is 24.3 Å². The van der Waals surface area contributed by atoms with Crippen LogP contribution < -0.4 is 10.5 Å². The van der Waals surface area contributed by atoms with E-state index in [9.17, 15) is 4.79 Å². The van der Waals surface area contributed by atoms with Crippen molar-refractivity contribution >= 4 is 17.5 Å². The van der Waals surface area contributed by atoms with Gasteiger partial charge in [0.2, 0.25) is 0 Å². The van der Waals surface area contributed by atoms with Gasteiger partial charge in [0, 0.05) is 18.1 Å². The average Bonchev–Trinajstić information content (AvgIpc) is 2.47. The van der Waals surface area contributed by atoms with Crippen molar-refractivity contribution in [1.82, 2.24) is 4.90 Å². The van der Waals surface area contributed by atoms with Crippen LogP contribution in [0.4, 0.5) is 0 Å². The molecule has 1 aliphatic heterocycles. The molecule has 2 rings (SSSR count). The van der Waals surface area contributed by atoms with Crippen LogP contribution >= 0.6 is 11.6 Å². The summed E-state index contributed by atoms with van der Waals surface area (Å²) in [5.41, 5.74) is 5.51. The zero-order valence-electron chi connectivity index (χ0n) is 11.3. The fourth-order valence-corrected chi connectivity index (χ4v) is 2.20. The fraction of sp³-hybridized carbons (Fsp3) is 0.500. The van der Waals surface area contributed by atoms with E-state index in [-0.39, 0.29) is 18.6 Å². The van der Waals surface area contributed by atoms with Gasteiger partial charge in [-0.25, -0.2) is 0 Å². The lowest BCUT2D eigenvalue weighted by molar-refractivity contribution is -0.141. The van der Waals surface area contributed by atoms with E-state index in [0.29, 0.717) is 37.0 Å². The average molecular weight is 299 g/mol. The van der Waals surface area contributed by atoms with Gasteiger partial charge in [0.15, 0.2) is 6.61 Å². The van der Waals surface area contributed by atoms with Crippen molar-refractivity contribution in [3.8, 4) is 5.75 Å². The molecule has 2 N–H and O–H groups in total. The molecule has 1 unspecified atom stereocenters. The van der Waals surface area contributed by atoms with Crippen LogP contribution in [-0.4, -0.2) is 49.8 Å². The van der Waals surface area contributed by atoms with Crippen molar-refractivity contribution in [3.05, 3.63) is 29.3 Å². The summed E-state index contributed by atoms with van der Waals surface area (Å²) in [5, 5.41) is 0.640. The number of nitrogens with zero attached hydrogens (tertiary/aromatic N) is 1. The minimum absolute atomic E-state index is 0.0248. The molecule has 1 heterocycles. The van der Waals surface area contributed by atoms with Gasteiger partial charge in [-0.15, -0.1) is 0 Å². The quantitative estimate of drug-likeness (QED) is 0.890. The summed E-state index contributed by atoms with van der Waals surface area (Å²) >= 11 is 5.79. The number of morpholine rings is 1. The number of carbonyl (C=O) groups excluding carboxylic acids is 1. The number of ether oxygens (including phenoxy) is 2. The van der Waals surface area contributed by atoms with Gasteiger partial charge in [-0.3, -0.25) is 4.79 Å². The molecular weight excluding hydrogens is 280 g/mol. The summed E-state index contributed by atoms with van der Waals surface area (Å²) in [6, 6.07) is 6.94. The Bertz CT molecular complexity index is 437. The summed E-state index contributed by atoms with van der Waals surface area (Å²) in [6.45, 7) is 2.33. The Morgan fingerprint density at radius 2 is 2.20 bits per heavy atom. The summed E-state index contributed by atoms with van der Waals surface area (Å²) in [5.74, 6) is 0.597. The molecule has 1 saturated heterocycles. The predicted octanol–water partition coefficient (Wildman–Crippen LogP) is 1.30. The predicted molar refractivity (Wildman–Crippen MR) is 76.9 cm³/mol. The third-order valence-electron chi connectivity index (χ3n) is 3.16. The molecule has 0 radical (unpaired) electrons. The first kappa shape index (κ1) is 15.1. The van der Waals surface area contributed by atoms with E-state index in [1.807, 2.05) is 0 Å². The molecule has 1 fully saturated rings. The molecule has 20 heavy (non-hydrogen) atoms. The van der Waals surface area contributed by atoms with Gasteiger partial charge in [0.25, 0.3) is 5.91 Å². The SMILES string of the molecule is NCCC1CN(C(=O)COc2ccc(Cl)cc2)CCO1. The molecule has 1 amide bonds. The van der Waals surface area contributed by atoms with E-state index in [0.717, 1.165) is 6.42 Å². The summed E-state index contributed by atoms with van der Waals surface area (Å²) in [4.78, 5) is 13.8. The van der Waals surface area contributed by atoms with E-state index in [2.05, 4.69) is 0 Å². The summed E-state index contributed by atoms with van der Waals surface area (Å²) in [7, 11) is 0. The molecule has 0 saturated carbocycles. The van der Waals surface area contributed by atoms with Gasteiger partial charge in [0.1, 0.15) is 5.75 Å². The molecule has 1 aromatic carbocycles. The topological polar surface area (TPSA) is 64.8 Å². The maximum atomic E-state index is 12.1. The number of halogens is 1. The van der Waals surface area contributed by atoms with E-state index < -0.39 is 0 Å². The Morgan fingerprint density at radius 1 is 1.45 bits per heavy atom. The molecule has 1 aliphatic rings. The minimum atomic E-state index is -0.0368. The Balaban J connectivity index is 1.80. The third kappa shape index (κ3) is 4.37. The largest absolute Gasteiger partial charge is 0.484 e. The maximum absolute atomic E-state index is 12.1. The van der Waals surface area contributed by atoms with Crippen LogP contribution in [0, 0.1) is 0 Å². The zero-order valence-corrected chi connectivity index (χ0v) is 12.0. The van der Waals surface area contributed by atoms with Gasteiger partial charge in [-0.05, 0) is 37.2 Å². The Hall–Kier alpha value is -1.30. The number of benzene rings is 1. The van der Waals surface area contributed by atoms with Crippen molar-refractivity contribution in [2.45, 2.75) is 12.5 Å². The Labute approximate surface area is 123 Å². The zero-order chi connectivity index (χ0) is 14.4. The van der Waals surface area contributed by atoms with Crippen LogP contribution in [0.3, 0.4) is 0 Å². The first-order valence-corrected chi connectivity index (χ1v) is 7.04. The van der Waals surface area contributed by atoms with Crippen molar-refractivity contribution in [1.29, 1.82) is 0 Å². The Kier molecular flexibility index (Phi) is 5.64. The second kappa shape index (κ2) is 7.47. The molecule has 110 valence electrons. The Morgan fingerprint density at radius 3 is 2.90 bits per heavy atom. The molecule has 6 heteroatoms. The standard InChI is InChI=1S/C14H19ClN2O3/c15-11-1-3-12(4-2-11)20-10-14(18)17-7-8-19-13(9-17)5-6-16/h1-4,13H,5-10,16H2. The van der Waals surface area contributed by atoms with Crippen LogP contribution in [-0.2, 0) is 9.53 Å². The highest BCUT2D eigenvalue weighted by Crippen LogP contribution is 2.16. The second-order valence-corrected chi connectivity index (χ2v) is 5.09. The molecule has 0 aliphatic carbocycles. The molecule has 0 spiro atoms. The van der Waals surface area contributed by atoms with Crippen LogP contribution in [0.1, 0.15) is 6.42 Å². The van der Waals surface area contributed by atoms with Crippen molar-refractivity contribution in [3.63, 3.8) is 0 Å². The molecule has 1 aromatic rings. The maximum Gasteiger partial charge on any atom is 0.260 e. The van der Waals surface area contributed by atoms with Gasteiger partial charge in [-0.1, -0.05) is 11.6 Å². The monoisotopic (exact) mass is 298 g/mol. The number of rotatable bonds is 5. The van der Waals surface area contributed by atoms with Gasteiger partial charge < -0.3 is 20.1 Å². The van der Waals surface area contributed by atoms with Crippen molar-refractivity contribution in [2.24, 2.45) is 5.73 Å². The minimum Gasteiger partial charge on any atom is -0.484 e. The van der Waals surface area contributed by atoms with Gasteiger partial charge in [-0.2, -0.15) is 0 Å². The number of amides is 1. The number of carbonyl (C=O) groups is 1. The molecule has 5 nitrogen and oxygen atoms in total. The first-order valence-electron chi connectivity index (χ1n) is 6.67. The molecule has 1 atom stereocenters. The van der Waals surface area contributed by atoms with E-state index in [1.165, 1.54) is 0 Å². The van der Waals surface area contributed by atoms with Crippen molar-refractivity contribution in [2.75, 3.05) is 32.8 Å². The van der Waals surface area contributed by atoms with Crippen LogP contribution in [0.5, 0.6) is 5.75 Å². The highest BCUT2D eigenvalue weighted by molar-refractivity contribution is 6.30. The summed E-state index contributed by atoms with van der Waals surface area (Å²) in [6.07, 6.45) is 0.801. The van der Waals surface area contributed by atoms with E-state index in [1.54, 1.807) is 29.2 Å². The van der Waals surface area contributed by atoms with E-state index in [4.69, 9.17) is 26.8 Å². The second-order valence-electron chi connectivity index (χ2n) is 4.65. The normalized spacial score (nSPS) is 18.9. The fourth-order valence-electron chi connectivity index (χ4n) is 2.07. The number of hydrogen-bond acceptors (Lipinski definition) is 4. The van der Waals surface area contributed by atoms with Gasteiger partial charge >= 0.3 is 0 Å². The van der Waals surface area contributed by atoms with Crippen molar-refractivity contribution < 1.29 is 14.3 Å². The lowest BCUT2D eigenvalue weighted by Gasteiger charge is -2.32. The van der Waals surface area contributed by atoms with Gasteiger partial charge in [0.05, 0.1) is 12.7 Å². The van der Waals surface area contributed by atoms with Crippen LogP contribution in [0.25, 0.3) is 0 Å². The summed E-state index contributed by atoms with van der Waals surface area (Å²) < 4.78 is 11.0. The molecule has 0 aromatic heterocycles. The molecular formula is C14H19ClN2O3. The number of hydrogen-bond donors (Lipinski definition) is 1. The smallest absolute Gasteiger partial charge is 0.260 e. The lowest BCUT2D eigenvalue weighted by Crippen LogP contribution is -2.47. The van der Waals surface area contributed by atoms with E-state index >= 15 is 0 Å².